The second kappa shape index (κ2) is 6.22. The second-order valence-electron chi connectivity index (χ2n) is 5.27. The molecule has 1 heterocycles. The monoisotopic (exact) mass is 337 g/mol. The number of rotatable bonds is 4. The number of nitrogens with one attached hydrogen (secondary N) is 1. The quantitative estimate of drug-likeness (QED) is 0.793. The van der Waals surface area contributed by atoms with Gasteiger partial charge in [-0.1, -0.05) is 30.3 Å². The Labute approximate surface area is 140 Å². The Balaban J connectivity index is 1.85. The van der Waals surface area contributed by atoms with Crippen LogP contribution in [0.25, 0.3) is 11.3 Å². The number of benzene rings is 2. The molecule has 0 radical (unpaired) electrons. The van der Waals surface area contributed by atoms with Crippen LogP contribution in [-0.2, 0) is 17.1 Å². The molecule has 24 heavy (non-hydrogen) atoms. The molecule has 1 N–H and O–H groups in total. The zero-order chi connectivity index (χ0) is 17.2. The maximum Gasteiger partial charge on any atom is 0.261 e. The van der Waals surface area contributed by atoms with E-state index in [-0.39, 0.29) is 4.90 Å². The summed E-state index contributed by atoms with van der Waals surface area (Å²) >= 11 is 0. The van der Waals surface area contributed by atoms with Crippen LogP contribution in [0.15, 0.2) is 71.6 Å². The van der Waals surface area contributed by atoms with Crippen molar-refractivity contribution in [3.05, 3.63) is 72.4 Å². The van der Waals surface area contributed by atoms with Crippen molar-refractivity contribution >= 4 is 15.7 Å². The number of anilines is 1. The molecule has 0 bridgehead atoms. The van der Waals surface area contributed by atoms with Crippen molar-refractivity contribution in [1.29, 1.82) is 5.26 Å². The van der Waals surface area contributed by atoms with E-state index in [1.165, 1.54) is 0 Å². The van der Waals surface area contributed by atoms with Gasteiger partial charge in [-0.3, -0.25) is 4.72 Å². The van der Waals surface area contributed by atoms with Gasteiger partial charge in [0, 0.05) is 18.4 Å². The molecule has 0 fully saturated rings. The third-order valence-corrected chi connectivity index (χ3v) is 5.12. The molecule has 0 unspecified atom stereocenters. The fourth-order valence-corrected chi connectivity index (χ4v) is 3.52. The maximum absolute atomic E-state index is 12.3. The van der Waals surface area contributed by atoms with Gasteiger partial charge in [-0.2, -0.15) is 5.26 Å². The van der Waals surface area contributed by atoms with Crippen LogP contribution in [0.4, 0.5) is 5.69 Å². The van der Waals surface area contributed by atoms with Gasteiger partial charge in [0.2, 0.25) is 0 Å². The van der Waals surface area contributed by atoms with Gasteiger partial charge in [0.1, 0.15) is 11.8 Å². The van der Waals surface area contributed by atoms with Gasteiger partial charge in [0.05, 0.1) is 4.90 Å². The first-order chi connectivity index (χ1) is 11.5. The average Bonchev–Trinajstić information content (AvgIpc) is 2.97. The highest BCUT2D eigenvalue weighted by Crippen LogP contribution is 2.24. The summed E-state index contributed by atoms with van der Waals surface area (Å²) in [6.07, 6.45) is 0. The fourth-order valence-electron chi connectivity index (χ4n) is 2.44. The third kappa shape index (κ3) is 3.03. The highest BCUT2D eigenvalue weighted by atomic mass is 32.2. The maximum atomic E-state index is 12.3. The van der Waals surface area contributed by atoms with Crippen molar-refractivity contribution in [2.24, 2.45) is 7.05 Å². The first-order valence-electron chi connectivity index (χ1n) is 7.25. The average molecular weight is 337 g/mol. The molecule has 0 atom stereocenters. The van der Waals surface area contributed by atoms with Crippen molar-refractivity contribution in [2.75, 3.05) is 4.72 Å². The van der Waals surface area contributed by atoms with Crippen molar-refractivity contribution in [2.45, 2.75) is 4.90 Å². The van der Waals surface area contributed by atoms with Gasteiger partial charge in [0.15, 0.2) is 0 Å². The Kier molecular flexibility index (Phi) is 4.11. The van der Waals surface area contributed by atoms with E-state index in [2.05, 4.69) is 10.8 Å². The summed E-state index contributed by atoms with van der Waals surface area (Å²) in [5, 5.41) is 9.01. The molecule has 0 aliphatic carbocycles. The summed E-state index contributed by atoms with van der Waals surface area (Å²) in [6.45, 7) is 0. The number of nitriles is 1. The summed E-state index contributed by atoms with van der Waals surface area (Å²) in [5.74, 6) is 0. The zero-order valence-corrected chi connectivity index (χ0v) is 13.8. The number of nitrogens with zero attached hydrogens (tertiary/aromatic N) is 2. The molecule has 1 aromatic heterocycles. The van der Waals surface area contributed by atoms with E-state index in [1.807, 2.05) is 25.2 Å². The second-order valence-corrected chi connectivity index (χ2v) is 6.95. The number of sulfonamides is 1. The van der Waals surface area contributed by atoms with Crippen molar-refractivity contribution in [3.8, 4) is 17.3 Å². The van der Waals surface area contributed by atoms with Crippen molar-refractivity contribution in [1.82, 2.24) is 4.57 Å². The topological polar surface area (TPSA) is 74.9 Å². The Hall–Kier alpha value is -3.04. The third-order valence-electron chi connectivity index (χ3n) is 3.72. The fraction of sp³-hybridized carbons (Fsp3) is 0.0556. The SMILES string of the molecule is Cn1c(C#N)ccc1-c1ccc(NS(=O)(=O)c2ccccc2)cc1. The molecule has 0 saturated heterocycles. The van der Waals surface area contributed by atoms with Crippen LogP contribution in [0, 0.1) is 11.3 Å². The lowest BCUT2D eigenvalue weighted by Crippen LogP contribution is -2.12. The molecule has 3 rings (SSSR count). The summed E-state index contributed by atoms with van der Waals surface area (Å²) in [4.78, 5) is 0.218. The van der Waals surface area contributed by atoms with E-state index < -0.39 is 10.0 Å². The molecule has 0 saturated carbocycles. The standard InChI is InChI=1S/C18H15N3O2S/c1-21-16(13-19)11-12-18(21)14-7-9-15(10-8-14)20-24(22,23)17-5-3-2-4-6-17/h2-12,20H,1H3. The summed E-state index contributed by atoms with van der Waals surface area (Å²) in [7, 11) is -1.78. The van der Waals surface area contributed by atoms with E-state index in [4.69, 9.17) is 5.26 Å². The zero-order valence-electron chi connectivity index (χ0n) is 13.0. The van der Waals surface area contributed by atoms with Gasteiger partial charge in [-0.15, -0.1) is 0 Å². The molecule has 0 spiro atoms. The van der Waals surface area contributed by atoms with E-state index in [9.17, 15) is 8.42 Å². The number of hydrogen-bond acceptors (Lipinski definition) is 3. The normalized spacial score (nSPS) is 11.0. The Bertz CT molecular complexity index is 999. The van der Waals surface area contributed by atoms with E-state index in [0.717, 1.165) is 11.3 Å². The van der Waals surface area contributed by atoms with E-state index in [0.29, 0.717) is 11.4 Å². The predicted molar refractivity (Wildman–Crippen MR) is 92.8 cm³/mol. The summed E-state index contributed by atoms with van der Waals surface area (Å²) < 4.78 is 29.0. The highest BCUT2D eigenvalue weighted by molar-refractivity contribution is 7.92. The van der Waals surface area contributed by atoms with Crippen molar-refractivity contribution < 1.29 is 8.42 Å². The minimum Gasteiger partial charge on any atom is -0.335 e. The molecule has 6 heteroatoms. The van der Waals surface area contributed by atoms with Crippen LogP contribution in [0.1, 0.15) is 5.69 Å². The molecule has 0 amide bonds. The number of aromatic nitrogens is 1. The minimum atomic E-state index is -3.60. The van der Waals surface area contributed by atoms with Gasteiger partial charge in [0.25, 0.3) is 10.0 Å². The molecule has 3 aromatic rings. The lowest BCUT2D eigenvalue weighted by Gasteiger charge is -2.09. The van der Waals surface area contributed by atoms with Crippen LogP contribution in [0.3, 0.4) is 0 Å². The molecule has 0 aliphatic heterocycles. The largest absolute Gasteiger partial charge is 0.335 e. The van der Waals surface area contributed by atoms with Gasteiger partial charge < -0.3 is 4.57 Å². The molecular weight excluding hydrogens is 322 g/mol. The predicted octanol–water partition coefficient (Wildman–Crippen LogP) is 3.36. The molecule has 2 aromatic carbocycles. The number of hydrogen-bond donors (Lipinski definition) is 1. The molecule has 5 nitrogen and oxygen atoms in total. The first kappa shape index (κ1) is 15.8. The molecule has 0 aliphatic rings. The Morgan fingerprint density at radius 3 is 2.21 bits per heavy atom. The summed E-state index contributed by atoms with van der Waals surface area (Å²) in [6, 6.07) is 21.0. The van der Waals surface area contributed by atoms with Crippen LogP contribution < -0.4 is 4.72 Å². The smallest absolute Gasteiger partial charge is 0.261 e. The van der Waals surface area contributed by atoms with E-state index >= 15 is 0 Å². The summed E-state index contributed by atoms with van der Waals surface area (Å²) in [5.41, 5.74) is 2.85. The highest BCUT2D eigenvalue weighted by Gasteiger charge is 2.13. The van der Waals surface area contributed by atoms with Crippen molar-refractivity contribution in [3.63, 3.8) is 0 Å². The van der Waals surface area contributed by atoms with E-state index in [1.54, 1.807) is 53.1 Å². The Morgan fingerprint density at radius 2 is 1.62 bits per heavy atom. The Morgan fingerprint density at radius 1 is 0.958 bits per heavy atom. The minimum absolute atomic E-state index is 0.218. The molecule has 120 valence electrons. The lowest BCUT2D eigenvalue weighted by molar-refractivity contribution is 0.601. The van der Waals surface area contributed by atoms with Gasteiger partial charge in [-0.25, -0.2) is 8.42 Å². The van der Waals surface area contributed by atoms with Gasteiger partial charge in [-0.05, 0) is 42.0 Å². The van der Waals surface area contributed by atoms with Crippen LogP contribution in [-0.4, -0.2) is 13.0 Å². The van der Waals surface area contributed by atoms with Crippen LogP contribution in [0.2, 0.25) is 0 Å². The van der Waals surface area contributed by atoms with Crippen LogP contribution >= 0.6 is 0 Å². The van der Waals surface area contributed by atoms with Gasteiger partial charge >= 0.3 is 0 Å². The van der Waals surface area contributed by atoms with Crippen LogP contribution in [0.5, 0.6) is 0 Å². The molecular formula is C18H15N3O2S. The first-order valence-corrected chi connectivity index (χ1v) is 8.74. The lowest BCUT2D eigenvalue weighted by atomic mass is 10.1.